The Labute approximate surface area is 246 Å². The van der Waals surface area contributed by atoms with E-state index in [1.165, 1.54) is 0 Å². The van der Waals surface area contributed by atoms with Crippen molar-refractivity contribution >= 4 is 34.4 Å². The first-order valence-electron chi connectivity index (χ1n) is 15.2. The molecule has 0 bridgehead atoms. The minimum absolute atomic E-state index is 0.122. The molecular formula is C31H43N5O6. The third-order valence-electron chi connectivity index (χ3n) is 8.75. The number of hydrogen-bond donors (Lipinski definition) is 4. The van der Waals surface area contributed by atoms with Crippen molar-refractivity contribution in [3.63, 3.8) is 0 Å². The fourth-order valence-corrected chi connectivity index (χ4v) is 6.04. The van der Waals surface area contributed by atoms with E-state index < -0.39 is 35.5 Å². The van der Waals surface area contributed by atoms with Gasteiger partial charge in [0, 0.05) is 36.6 Å². The number of Topliss-reactive ketones (excluding diaryl/α,β-unsaturated/α-hetero) is 1. The van der Waals surface area contributed by atoms with Crippen LogP contribution >= 0.6 is 0 Å². The third kappa shape index (κ3) is 7.56. The van der Waals surface area contributed by atoms with E-state index in [1.807, 2.05) is 35.4 Å². The van der Waals surface area contributed by atoms with Gasteiger partial charge in [-0.15, -0.1) is 0 Å². The number of aromatic amines is 1. The molecule has 3 amide bonds. The van der Waals surface area contributed by atoms with Gasteiger partial charge < -0.3 is 30.4 Å². The van der Waals surface area contributed by atoms with Gasteiger partial charge in [0.25, 0.3) is 0 Å². The number of H-pyrrole nitrogens is 1. The monoisotopic (exact) mass is 581 g/mol. The van der Waals surface area contributed by atoms with E-state index in [0.717, 1.165) is 42.1 Å². The Kier molecular flexibility index (Phi) is 9.60. The molecule has 1 aromatic carbocycles. The number of carbonyl (C=O) groups excluding carboxylic acids is 4. The summed E-state index contributed by atoms with van der Waals surface area (Å²) in [6.45, 7) is 6.34. The number of amides is 3. The maximum absolute atomic E-state index is 13.8. The number of ketones is 1. The lowest BCUT2D eigenvalue weighted by Crippen LogP contribution is -2.57. The lowest BCUT2D eigenvalue weighted by Gasteiger charge is -2.27. The molecule has 1 aliphatic carbocycles. The quantitative estimate of drug-likeness (QED) is 0.262. The lowest BCUT2D eigenvalue weighted by molar-refractivity contribution is -0.134. The van der Waals surface area contributed by atoms with Gasteiger partial charge in [0.15, 0.2) is 5.78 Å². The van der Waals surface area contributed by atoms with Crippen molar-refractivity contribution in [1.82, 2.24) is 25.8 Å². The first-order chi connectivity index (χ1) is 20.2. The number of nitrogens with one attached hydrogen (secondary N) is 4. The van der Waals surface area contributed by atoms with Crippen LogP contribution in [0, 0.1) is 5.92 Å². The average molecular weight is 582 g/mol. The molecule has 3 fully saturated rings. The van der Waals surface area contributed by atoms with Crippen molar-refractivity contribution in [2.45, 2.75) is 76.1 Å². The highest BCUT2D eigenvalue weighted by Gasteiger charge is 2.50. The van der Waals surface area contributed by atoms with Crippen molar-refractivity contribution in [1.29, 1.82) is 0 Å². The molecule has 2 saturated heterocycles. The minimum Gasteiger partial charge on any atom is -0.379 e. The van der Waals surface area contributed by atoms with Crippen LogP contribution in [0.15, 0.2) is 30.5 Å². The minimum atomic E-state index is -0.956. The molecule has 4 atom stereocenters. The number of carbonyl (C=O) groups is 4. The molecule has 42 heavy (non-hydrogen) atoms. The van der Waals surface area contributed by atoms with Crippen LogP contribution in [-0.4, -0.2) is 96.6 Å². The SMILES string of the molecule is CC(NC(=O)CN1CCOCC1)C(=O)NC(Cc1c[nH]c2ccccc12)C(=O)NC(CC1CCCC1)C(=O)C1(C)CO1. The number of aromatic nitrogens is 1. The molecule has 4 N–H and O–H groups in total. The summed E-state index contributed by atoms with van der Waals surface area (Å²) >= 11 is 0. The fraction of sp³-hybridized carbons (Fsp3) is 0.613. The summed E-state index contributed by atoms with van der Waals surface area (Å²) in [6, 6.07) is 5.26. The standard InChI is InChI=1S/C31H43N5O6/c1-20(33-27(37)18-36-11-13-41-14-12-36)29(39)35-26(16-22-17-32-24-10-6-5-9-23(22)24)30(40)34-25(15-21-7-3-4-8-21)28(38)31(2)19-42-31/h5-6,9-10,17,20-21,25-26,32H,3-4,7-8,11-16,18-19H2,1-2H3,(H,33,37)(H,34,40)(H,35,39). The highest BCUT2D eigenvalue weighted by molar-refractivity contribution is 5.98. The number of para-hydroxylation sites is 1. The molecule has 11 heteroatoms. The van der Waals surface area contributed by atoms with Crippen LogP contribution in [-0.2, 0) is 35.1 Å². The van der Waals surface area contributed by atoms with Gasteiger partial charge >= 0.3 is 0 Å². The zero-order chi connectivity index (χ0) is 29.7. The number of epoxide rings is 1. The summed E-state index contributed by atoms with van der Waals surface area (Å²) in [5, 5.41) is 9.56. The van der Waals surface area contributed by atoms with Crippen LogP contribution in [0.3, 0.4) is 0 Å². The summed E-state index contributed by atoms with van der Waals surface area (Å²) in [4.78, 5) is 58.4. The van der Waals surface area contributed by atoms with Crippen molar-refractivity contribution in [3.05, 3.63) is 36.0 Å². The van der Waals surface area contributed by atoms with E-state index in [1.54, 1.807) is 13.8 Å². The smallest absolute Gasteiger partial charge is 0.243 e. The number of fused-ring (bicyclic) bond motifs is 1. The van der Waals surface area contributed by atoms with E-state index in [2.05, 4.69) is 20.9 Å². The maximum atomic E-state index is 13.8. The number of rotatable bonds is 13. The molecule has 1 aromatic heterocycles. The van der Waals surface area contributed by atoms with E-state index in [0.29, 0.717) is 45.2 Å². The molecule has 2 aromatic rings. The molecule has 228 valence electrons. The largest absolute Gasteiger partial charge is 0.379 e. The third-order valence-corrected chi connectivity index (χ3v) is 8.75. The Morgan fingerprint density at radius 1 is 1.02 bits per heavy atom. The molecule has 1 saturated carbocycles. The van der Waals surface area contributed by atoms with Gasteiger partial charge in [0.05, 0.1) is 32.4 Å². The van der Waals surface area contributed by atoms with Crippen LogP contribution in [0.5, 0.6) is 0 Å². The molecule has 0 spiro atoms. The zero-order valence-corrected chi connectivity index (χ0v) is 24.6. The summed E-state index contributed by atoms with van der Waals surface area (Å²) in [5.74, 6) is -0.923. The van der Waals surface area contributed by atoms with Gasteiger partial charge in [-0.3, -0.25) is 24.1 Å². The van der Waals surface area contributed by atoms with Crippen LogP contribution < -0.4 is 16.0 Å². The maximum Gasteiger partial charge on any atom is 0.243 e. The predicted molar refractivity (Wildman–Crippen MR) is 157 cm³/mol. The van der Waals surface area contributed by atoms with Crippen LogP contribution in [0.25, 0.3) is 10.9 Å². The van der Waals surface area contributed by atoms with Crippen LogP contribution in [0.2, 0.25) is 0 Å². The molecule has 4 unspecified atom stereocenters. The average Bonchev–Trinajstić information content (AvgIpc) is 3.33. The van der Waals surface area contributed by atoms with E-state index in [-0.39, 0.29) is 24.7 Å². The number of ether oxygens (including phenoxy) is 2. The number of morpholine rings is 1. The fourth-order valence-electron chi connectivity index (χ4n) is 6.04. The molecular weight excluding hydrogens is 538 g/mol. The number of nitrogens with zero attached hydrogens (tertiary/aromatic N) is 1. The van der Waals surface area contributed by atoms with Gasteiger partial charge in [-0.05, 0) is 37.8 Å². The predicted octanol–water partition coefficient (Wildman–Crippen LogP) is 1.46. The zero-order valence-electron chi connectivity index (χ0n) is 24.6. The first-order valence-corrected chi connectivity index (χ1v) is 15.2. The summed E-state index contributed by atoms with van der Waals surface area (Å²) in [5.41, 5.74) is 0.923. The second-order valence-electron chi connectivity index (χ2n) is 12.1. The van der Waals surface area contributed by atoms with Gasteiger partial charge in [0.2, 0.25) is 17.7 Å². The van der Waals surface area contributed by atoms with Crippen molar-refractivity contribution in [2.24, 2.45) is 5.92 Å². The molecule has 3 aliphatic rings. The second-order valence-corrected chi connectivity index (χ2v) is 12.1. The Hall–Kier alpha value is -3.28. The van der Waals surface area contributed by atoms with Crippen LogP contribution in [0.4, 0.5) is 0 Å². The molecule has 0 radical (unpaired) electrons. The summed E-state index contributed by atoms with van der Waals surface area (Å²) in [6.07, 6.45) is 6.94. The van der Waals surface area contributed by atoms with Crippen molar-refractivity contribution in [3.8, 4) is 0 Å². The Balaban J connectivity index is 1.29. The molecule has 11 nitrogen and oxygen atoms in total. The Morgan fingerprint density at radius 2 is 1.71 bits per heavy atom. The van der Waals surface area contributed by atoms with Crippen molar-refractivity contribution in [2.75, 3.05) is 39.5 Å². The summed E-state index contributed by atoms with van der Waals surface area (Å²) < 4.78 is 10.8. The van der Waals surface area contributed by atoms with E-state index in [4.69, 9.17) is 9.47 Å². The molecule has 3 heterocycles. The highest BCUT2D eigenvalue weighted by atomic mass is 16.6. The lowest BCUT2D eigenvalue weighted by atomic mass is 9.90. The topological polar surface area (TPSA) is 145 Å². The number of benzene rings is 1. The van der Waals surface area contributed by atoms with E-state index in [9.17, 15) is 19.2 Å². The van der Waals surface area contributed by atoms with Gasteiger partial charge in [-0.1, -0.05) is 43.9 Å². The highest BCUT2D eigenvalue weighted by Crippen LogP contribution is 2.33. The number of hydrogen-bond acceptors (Lipinski definition) is 7. The van der Waals surface area contributed by atoms with Gasteiger partial charge in [-0.2, -0.15) is 0 Å². The Morgan fingerprint density at radius 3 is 2.43 bits per heavy atom. The summed E-state index contributed by atoms with van der Waals surface area (Å²) in [7, 11) is 0. The van der Waals surface area contributed by atoms with E-state index >= 15 is 0 Å². The van der Waals surface area contributed by atoms with Crippen molar-refractivity contribution < 1.29 is 28.7 Å². The molecule has 2 aliphatic heterocycles. The first kappa shape index (κ1) is 30.2. The van der Waals surface area contributed by atoms with Gasteiger partial charge in [0.1, 0.15) is 17.7 Å². The van der Waals surface area contributed by atoms with Gasteiger partial charge in [-0.25, -0.2) is 0 Å². The second kappa shape index (κ2) is 13.4. The normalized spacial score (nSPS) is 23.2. The molecule has 5 rings (SSSR count). The van der Waals surface area contributed by atoms with Crippen LogP contribution in [0.1, 0.15) is 51.5 Å². The Bertz CT molecular complexity index is 1280.